The Hall–Kier alpha value is -4.78. The summed E-state index contributed by atoms with van der Waals surface area (Å²) in [6, 6.07) is 57.8. The normalized spacial score (nSPS) is 13.4. The Bertz CT molecular complexity index is 2060. The molecule has 0 N–H and O–H groups in total. The van der Waals surface area contributed by atoms with Crippen molar-refractivity contribution >= 4 is 18.1 Å². The topological polar surface area (TPSA) is 36.9 Å². The van der Waals surface area contributed by atoms with E-state index in [1.54, 1.807) is 0 Å². The van der Waals surface area contributed by atoms with Crippen molar-refractivity contribution < 1.29 is 18.9 Å². The van der Waals surface area contributed by atoms with Crippen LogP contribution in [-0.2, 0) is 0 Å². The molecular weight excluding hydrogens is 753 g/mol. The third-order valence-electron chi connectivity index (χ3n) is 8.83. The maximum Gasteiger partial charge on any atom is 0.121 e. The molecule has 0 aliphatic rings. The van der Waals surface area contributed by atoms with E-state index in [4.69, 9.17) is 18.9 Å². The van der Waals surface area contributed by atoms with Crippen molar-refractivity contribution in [2.45, 2.75) is 135 Å². The summed E-state index contributed by atoms with van der Waals surface area (Å²) in [6.45, 7) is 25.1. The molecule has 6 heteroatoms. The standard InChI is InChI=1S/C52H62O4S2/c1-49(2,3)53-39-26-32-45(33-27-39)57(46-34-28-40(29-35-46)54-50(4,5)6,47-36-30-41(31-37-47)55-51(7,8)9)58(43-21-15-13-16-22-43,44-23-17-14-18-24-44)48-25-19-20-42(38-48)56-52(10,11)12/h13-38H,1-12H3. The monoisotopic (exact) mass is 814 g/mol. The van der Waals surface area contributed by atoms with Crippen LogP contribution in [0.25, 0.3) is 0 Å². The van der Waals surface area contributed by atoms with Crippen molar-refractivity contribution in [3.63, 3.8) is 0 Å². The molecule has 6 aromatic carbocycles. The highest BCUT2D eigenvalue weighted by Crippen LogP contribution is 2.99. The Morgan fingerprint density at radius 1 is 0.259 bits per heavy atom. The summed E-state index contributed by atoms with van der Waals surface area (Å²) in [5.41, 5.74) is -1.45. The van der Waals surface area contributed by atoms with Crippen LogP contribution in [-0.4, -0.2) is 22.4 Å². The van der Waals surface area contributed by atoms with E-state index in [0.717, 1.165) is 23.0 Å². The second kappa shape index (κ2) is 16.5. The van der Waals surface area contributed by atoms with Gasteiger partial charge in [0.1, 0.15) is 45.4 Å². The summed E-state index contributed by atoms with van der Waals surface area (Å²) in [5.74, 6) is 3.31. The first-order chi connectivity index (χ1) is 27.2. The number of benzene rings is 6. The van der Waals surface area contributed by atoms with Crippen molar-refractivity contribution in [2.24, 2.45) is 0 Å². The Labute approximate surface area is 351 Å². The maximum absolute atomic E-state index is 6.70. The molecule has 0 aliphatic heterocycles. The molecule has 4 nitrogen and oxygen atoms in total. The van der Waals surface area contributed by atoms with Crippen molar-refractivity contribution in [1.29, 1.82) is 0 Å². The highest BCUT2D eigenvalue weighted by Gasteiger charge is 2.51. The number of rotatable bonds is 11. The summed E-state index contributed by atoms with van der Waals surface area (Å²) in [4.78, 5) is 7.28. The third kappa shape index (κ3) is 9.56. The van der Waals surface area contributed by atoms with Crippen LogP contribution in [0.1, 0.15) is 83.1 Å². The molecule has 6 rings (SSSR count). The number of ether oxygens (including phenoxy) is 4. The average molecular weight is 815 g/mol. The van der Waals surface area contributed by atoms with Crippen molar-refractivity contribution in [2.75, 3.05) is 0 Å². The van der Waals surface area contributed by atoms with Gasteiger partial charge in [-0.1, -0.05) is 42.5 Å². The molecule has 0 atom stereocenters. The summed E-state index contributed by atoms with van der Waals surface area (Å²) in [7, 11) is -4.71. The SMILES string of the molecule is CC(C)(C)Oc1ccc(S(c2ccc(OC(C)(C)C)cc2)(c2ccc(OC(C)(C)C)cc2)S(c2ccccc2)(c2ccccc2)c2cccc(OC(C)(C)C)c2)cc1. The second-order valence-electron chi connectivity index (χ2n) is 18.5. The first-order valence-electron chi connectivity index (χ1n) is 20.1. The van der Waals surface area contributed by atoms with E-state index >= 15 is 0 Å². The second-order valence-corrected chi connectivity index (χ2v) is 26.5. The van der Waals surface area contributed by atoms with Crippen molar-refractivity contribution in [3.05, 3.63) is 158 Å². The van der Waals surface area contributed by atoms with Crippen LogP contribution in [0.5, 0.6) is 23.0 Å². The van der Waals surface area contributed by atoms with Gasteiger partial charge in [0.15, 0.2) is 0 Å². The first-order valence-corrected chi connectivity index (χ1v) is 23.9. The summed E-state index contributed by atoms with van der Waals surface area (Å²) >= 11 is 0. The molecule has 0 saturated carbocycles. The molecule has 0 aliphatic carbocycles. The minimum absolute atomic E-state index is 0.353. The fourth-order valence-corrected chi connectivity index (χ4v) is 20.9. The number of hydrogen-bond acceptors (Lipinski definition) is 4. The van der Waals surface area contributed by atoms with E-state index < -0.39 is 23.7 Å². The molecule has 0 radical (unpaired) electrons. The zero-order valence-electron chi connectivity index (χ0n) is 36.5. The van der Waals surface area contributed by atoms with Gasteiger partial charge in [-0.3, -0.25) is 0 Å². The molecular formula is C52H62O4S2. The first kappa shape index (κ1) is 42.8. The van der Waals surface area contributed by atoms with E-state index in [-0.39, 0.29) is 16.8 Å². The van der Waals surface area contributed by atoms with E-state index in [2.05, 4.69) is 241 Å². The van der Waals surface area contributed by atoms with Gasteiger partial charge < -0.3 is 18.9 Å². The molecule has 0 saturated heterocycles. The van der Waals surface area contributed by atoms with Crippen LogP contribution in [0, 0.1) is 0 Å². The fourth-order valence-electron chi connectivity index (χ4n) is 7.14. The molecule has 0 bridgehead atoms. The van der Waals surface area contributed by atoms with Gasteiger partial charge in [-0.15, -0.1) is 18.1 Å². The molecule has 0 amide bonds. The largest absolute Gasteiger partial charge is 0.488 e. The van der Waals surface area contributed by atoms with E-state index in [9.17, 15) is 0 Å². The summed E-state index contributed by atoms with van der Waals surface area (Å²) in [5, 5.41) is 0. The van der Waals surface area contributed by atoms with Gasteiger partial charge >= 0.3 is 0 Å². The lowest BCUT2D eigenvalue weighted by Gasteiger charge is -2.60. The summed E-state index contributed by atoms with van der Waals surface area (Å²) in [6.07, 6.45) is 0. The van der Waals surface area contributed by atoms with E-state index in [1.165, 1.54) is 29.4 Å². The Kier molecular flexibility index (Phi) is 12.2. The highest BCUT2D eigenvalue weighted by atomic mass is 33.2. The summed E-state index contributed by atoms with van der Waals surface area (Å²) < 4.78 is 26.1. The van der Waals surface area contributed by atoms with E-state index in [0.29, 0.717) is 0 Å². The van der Waals surface area contributed by atoms with Crippen LogP contribution >= 0.6 is 18.1 Å². The van der Waals surface area contributed by atoms with Crippen LogP contribution in [0.4, 0.5) is 0 Å². The van der Waals surface area contributed by atoms with E-state index in [1.807, 2.05) is 0 Å². The lowest BCUT2D eigenvalue weighted by molar-refractivity contribution is 0.130. The van der Waals surface area contributed by atoms with Crippen LogP contribution in [0.2, 0.25) is 0 Å². The molecule has 0 heterocycles. The molecule has 0 aromatic heterocycles. The maximum atomic E-state index is 6.70. The minimum Gasteiger partial charge on any atom is -0.488 e. The molecule has 0 spiro atoms. The molecule has 306 valence electrons. The predicted octanol–water partition coefficient (Wildman–Crippen LogP) is 15.6. The highest BCUT2D eigenvalue weighted by molar-refractivity contribution is 9.08. The van der Waals surface area contributed by atoms with Gasteiger partial charge in [0.05, 0.1) is 0 Å². The molecule has 58 heavy (non-hydrogen) atoms. The Morgan fingerprint density at radius 2 is 0.517 bits per heavy atom. The number of hydrogen-bond donors (Lipinski definition) is 0. The Morgan fingerprint density at radius 3 is 0.828 bits per heavy atom. The smallest absolute Gasteiger partial charge is 0.121 e. The van der Waals surface area contributed by atoms with Gasteiger partial charge in [-0.25, -0.2) is 0 Å². The average Bonchev–Trinajstić information content (AvgIpc) is 3.13. The van der Waals surface area contributed by atoms with Crippen LogP contribution < -0.4 is 18.9 Å². The lowest BCUT2D eigenvalue weighted by Crippen LogP contribution is -2.23. The zero-order chi connectivity index (χ0) is 42.0. The third-order valence-corrected chi connectivity index (χ3v) is 20.9. The van der Waals surface area contributed by atoms with Crippen molar-refractivity contribution in [1.82, 2.24) is 0 Å². The van der Waals surface area contributed by atoms with Gasteiger partial charge in [0.2, 0.25) is 0 Å². The van der Waals surface area contributed by atoms with Gasteiger partial charge in [-0.2, -0.15) is 0 Å². The van der Waals surface area contributed by atoms with Gasteiger partial charge in [0, 0.05) is 29.4 Å². The van der Waals surface area contributed by atoms with Gasteiger partial charge in [-0.05, 0) is 198 Å². The molecule has 0 unspecified atom stereocenters. The predicted molar refractivity (Wildman–Crippen MR) is 245 cm³/mol. The molecule has 0 fully saturated rings. The van der Waals surface area contributed by atoms with Crippen molar-refractivity contribution in [3.8, 4) is 23.0 Å². The quantitative estimate of drug-likeness (QED) is 0.122. The zero-order valence-corrected chi connectivity index (χ0v) is 38.1. The fraction of sp³-hybridized carbons (Fsp3) is 0.308. The Balaban J connectivity index is 1.85. The minimum atomic E-state index is -2.37. The van der Waals surface area contributed by atoms with Gasteiger partial charge in [0.25, 0.3) is 0 Å². The molecule has 6 aromatic rings. The van der Waals surface area contributed by atoms with Crippen LogP contribution in [0.3, 0.4) is 0 Å². The lowest BCUT2D eigenvalue weighted by atomic mass is 10.2. The van der Waals surface area contributed by atoms with Crippen LogP contribution in [0.15, 0.2) is 187 Å².